The van der Waals surface area contributed by atoms with Crippen LogP contribution in [0.4, 0.5) is 22.3 Å². The van der Waals surface area contributed by atoms with Crippen LogP contribution in [0.15, 0.2) is 107 Å². The monoisotopic (exact) mass is 463 g/mol. The quantitative estimate of drug-likeness (QED) is 0.209. The van der Waals surface area contributed by atoms with Crippen LogP contribution >= 0.6 is 11.3 Å². The van der Waals surface area contributed by atoms with E-state index < -0.39 is 0 Å². The van der Waals surface area contributed by atoms with Gasteiger partial charge in [0.1, 0.15) is 0 Å². The van der Waals surface area contributed by atoms with Crippen molar-refractivity contribution in [2.24, 2.45) is 10.7 Å². The Morgan fingerprint density at radius 3 is 2.03 bits per heavy atom. The van der Waals surface area contributed by atoms with Crippen molar-refractivity contribution in [2.45, 2.75) is 0 Å². The molecule has 0 aliphatic rings. The SMILES string of the molecule is NC(=Nc1ccc(-c2ccccc2)nn1)Nc1ccccc1Nc1nc(-c2ccccc2)cs1. The summed E-state index contributed by atoms with van der Waals surface area (Å²) in [5.74, 6) is 0.627. The number of para-hydroxylation sites is 2. The van der Waals surface area contributed by atoms with E-state index in [9.17, 15) is 0 Å². The average molecular weight is 464 g/mol. The maximum Gasteiger partial charge on any atom is 0.199 e. The molecule has 34 heavy (non-hydrogen) atoms. The lowest BCUT2D eigenvalue weighted by Crippen LogP contribution is -2.22. The van der Waals surface area contributed by atoms with E-state index in [4.69, 9.17) is 10.7 Å². The molecule has 0 spiro atoms. The molecule has 2 aromatic heterocycles. The van der Waals surface area contributed by atoms with Gasteiger partial charge in [0.15, 0.2) is 16.9 Å². The summed E-state index contributed by atoms with van der Waals surface area (Å²) in [6, 6.07) is 31.3. The number of nitrogens with one attached hydrogen (secondary N) is 2. The molecule has 0 atom stereocenters. The molecule has 0 fully saturated rings. The van der Waals surface area contributed by atoms with Gasteiger partial charge in [-0.1, -0.05) is 72.8 Å². The highest BCUT2D eigenvalue weighted by atomic mass is 32.1. The highest BCUT2D eigenvalue weighted by Gasteiger charge is 2.08. The van der Waals surface area contributed by atoms with Gasteiger partial charge in [0.2, 0.25) is 0 Å². The Labute approximate surface area is 201 Å². The smallest absolute Gasteiger partial charge is 0.199 e. The van der Waals surface area contributed by atoms with Gasteiger partial charge in [-0.15, -0.1) is 21.5 Å². The fourth-order valence-corrected chi connectivity index (χ4v) is 4.06. The minimum absolute atomic E-state index is 0.208. The van der Waals surface area contributed by atoms with Crippen LogP contribution in [-0.2, 0) is 0 Å². The van der Waals surface area contributed by atoms with Crippen LogP contribution in [0.5, 0.6) is 0 Å². The van der Waals surface area contributed by atoms with Crippen LogP contribution in [0, 0.1) is 0 Å². The third-order valence-electron chi connectivity index (χ3n) is 4.96. The zero-order valence-corrected chi connectivity index (χ0v) is 18.9. The number of aromatic nitrogens is 3. The first kappa shape index (κ1) is 21.3. The van der Waals surface area contributed by atoms with E-state index in [0.29, 0.717) is 5.82 Å². The number of aliphatic imine (C=N–C) groups is 1. The zero-order valence-electron chi connectivity index (χ0n) is 18.1. The Hall–Kier alpha value is -4.56. The highest BCUT2D eigenvalue weighted by molar-refractivity contribution is 7.14. The van der Waals surface area contributed by atoms with Crippen LogP contribution in [0.3, 0.4) is 0 Å². The first-order valence-electron chi connectivity index (χ1n) is 10.6. The molecule has 4 N–H and O–H groups in total. The maximum atomic E-state index is 6.16. The third-order valence-corrected chi connectivity index (χ3v) is 5.72. The standard InChI is InChI=1S/C26H21N7S/c27-25(31-24-16-15-20(32-33-24)18-9-3-1-4-10-18)28-21-13-7-8-14-22(21)29-26-30-23(17-34-26)19-11-5-2-6-12-19/h1-17H,(H,29,30)(H3,27,28,31,33). The Balaban J connectivity index is 1.30. The third kappa shape index (κ3) is 5.08. The molecule has 0 amide bonds. The molecule has 5 aromatic rings. The van der Waals surface area contributed by atoms with Gasteiger partial charge < -0.3 is 16.4 Å². The zero-order chi connectivity index (χ0) is 23.2. The van der Waals surface area contributed by atoms with Crippen molar-refractivity contribution in [3.05, 3.63) is 102 Å². The second-order valence-corrected chi connectivity index (χ2v) is 8.20. The number of nitrogens with zero attached hydrogens (tertiary/aromatic N) is 4. The minimum Gasteiger partial charge on any atom is -0.369 e. The van der Waals surface area contributed by atoms with E-state index in [1.807, 2.05) is 96.4 Å². The second kappa shape index (κ2) is 9.93. The molecule has 0 aliphatic carbocycles. The summed E-state index contributed by atoms with van der Waals surface area (Å²) < 4.78 is 0. The van der Waals surface area contributed by atoms with Crippen molar-refractivity contribution < 1.29 is 0 Å². The first-order chi connectivity index (χ1) is 16.7. The van der Waals surface area contributed by atoms with Gasteiger partial charge in [-0.05, 0) is 24.3 Å². The minimum atomic E-state index is 0.208. The summed E-state index contributed by atoms with van der Waals surface area (Å²) in [6.07, 6.45) is 0. The topological polar surface area (TPSA) is 101 Å². The molecule has 0 radical (unpaired) electrons. The summed E-state index contributed by atoms with van der Waals surface area (Å²) >= 11 is 1.54. The number of nitrogens with two attached hydrogens (primary N) is 1. The van der Waals surface area contributed by atoms with Crippen LogP contribution in [0.25, 0.3) is 22.5 Å². The average Bonchev–Trinajstić information content (AvgIpc) is 3.35. The predicted octanol–water partition coefficient (Wildman–Crippen LogP) is 6.07. The summed E-state index contributed by atoms with van der Waals surface area (Å²) in [6.45, 7) is 0. The molecule has 166 valence electrons. The number of hydrogen-bond acceptors (Lipinski definition) is 6. The molecule has 0 saturated carbocycles. The molecular weight excluding hydrogens is 442 g/mol. The normalized spacial score (nSPS) is 11.2. The number of hydrogen-bond donors (Lipinski definition) is 3. The number of rotatable bonds is 6. The van der Waals surface area contributed by atoms with Crippen molar-refractivity contribution in [1.82, 2.24) is 15.2 Å². The molecule has 0 saturated heterocycles. The Morgan fingerprint density at radius 2 is 1.35 bits per heavy atom. The van der Waals surface area contributed by atoms with Crippen LogP contribution < -0.4 is 16.4 Å². The molecule has 8 heteroatoms. The van der Waals surface area contributed by atoms with E-state index in [1.54, 1.807) is 6.07 Å². The largest absolute Gasteiger partial charge is 0.369 e. The molecule has 0 bridgehead atoms. The Bertz CT molecular complexity index is 1400. The van der Waals surface area contributed by atoms with E-state index in [2.05, 4.69) is 25.8 Å². The molecular formula is C26H21N7S. The highest BCUT2D eigenvalue weighted by Crippen LogP contribution is 2.30. The van der Waals surface area contributed by atoms with E-state index >= 15 is 0 Å². The number of guanidine groups is 1. The number of thiazole rings is 1. The molecule has 3 aromatic carbocycles. The fraction of sp³-hybridized carbons (Fsp3) is 0. The van der Waals surface area contributed by atoms with Crippen molar-refractivity contribution in [2.75, 3.05) is 10.6 Å². The predicted molar refractivity (Wildman–Crippen MR) is 140 cm³/mol. The van der Waals surface area contributed by atoms with Crippen molar-refractivity contribution >= 4 is 39.6 Å². The van der Waals surface area contributed by atoms with Gasteiger partial charge in [0, 0.05) is 16.5 Å². The lowest BCUT2D eigenvalue weighted by molar-refractivity contribution is 1.03. The lowest BCUT2D eigenvalue weighted by Gasteiger charge is -2.11. The van der Waals surface area contributed by atoms with E-state index in [1.165, 1.54) is 11.3 Å². The second-order valence-electron chi connectivity index (χ2n) is 7.34. The van der Waals surface area contributed by atoms with Crippen LogP contribution in [0.2, 0.25) is 0 Å². The van der Waals surface area contributed by atoms with E-state index in [0.717, 1.165) is 39.0 Å². The molecule has 7 nitrogen and oxygen atoms in total. The lowest BCUT2D eigenvalue weighted by atomic mass is 10.1. The van der Waals surface area contributed by atoms with Crippen molar-refractivity contribution in [3.63, 3.8) is 0 Å². The Morgan fingerprint density at radius 1 is 0.706 bits per heavy atom. The van der Waals surface area contributed by atoms with Crippen LogP contribution in [0.1, 0.15) is 0 Å². The van der Waals surface area contributed by atoms with Crippen molar-refractivity contribution in [3.8, 4) is 22.5 Å². The van der Waals surface area contributed by atoms with Gasteiger partial charge in [-0.25, -0.2) is 4.98 Å². The van der Waals surface area contributed by atoms with E-state index in [-0.39, 0.29) is 5.96 Å². The fourth-order valence-electron chi connectivity index (χ4n) is 3.33. The summed E-state index contributed by atoms with van der Waals surface area (Å²) in [5, 5.41) is 17.7. The van der Waals surface area contributed by atoms with Gasteiger partial charge in [-0.2, -0.15) is 4.99 Å². The van der Waals surface area contributed by atoms with Crippen LogP contribution in [-0.4, -0.2) is 21.1 Å². The first-order valence-corrected chi connectivity index (χ1v) is 11.5. The molecule has 0 aliphatic heterocycles. The van der Waals surface area contributed by atoms with Gasteiger partial charge in [-0.3, -0.25) is 0 Å². The molecule has 0 unspecified atom stereocenters. The maximum absolute atomic E-state index is 6.16. The van der Waals surface area contributed by atoms with Gasteiger partial charge in [0.25, 0.3) is 0 Å². The summed E-state index contributed by atoms with van der Waals surface area (Å²) in [4.78, 5) is 9.05. The van der Waals surface area contributed by atoms with Crippen molar-refractivity contribution in [1.29, 1.82) is 0 Å². The summed E-state index contributed by atoms with van der Waals surface area (Å²) in [5.41, 5.74) is 11.5. The summed E-state index contributed by atoms with van der Waals surface area (Å²) in [7, 11) is 0. The molecule has 2 heterocycles. The molecule has 5 rings (SSSR count). The number of anilines is 3. The number of benzene rings is 3. The Kier molecular flexibility index (Phi) is 6.22. The van der Waals surface area contributed by atoms with Gasteiger partial charge in [0.05, 0.1) is 22.8 Å². The van der Waals surface area contributed by atoms with Gasteiger partial charge >= 0.3 is 0 Å².